The van der Waals surface area contributed by atoms with E-state index in [1.165, 1.54) is 28.6 Å². The van der Waals surface area contributed by atoms with Crippen molar-refractivity contribution < 1.29 is 18.1 Å². The van der Waals surface area contributed by atoms with Crippen LogP contribution in [-0.2, 0) is 14.8 Å². The first-order valence-corrected chi connectivity index (χ1v) is 9.40. The largest absolute Gasteiger partial charge is 0.340 e. The number of nitrogens with zero attached hydrogens (tertiary/aromatic N) is 3. The van der Waals surface area contributed by atoms with Crippen molar-refractivity contribution in [2.75, 3.05) is 39.8 Å². The molecule has 1 amide bonds. The molecule has 1 fully saturated rings. The number of halogens is 1. The fraction of sp³-hybridized carbons (Fsp3) is 0.533. The van der Waals surface area contributed by atoms with Gasteiger partial charge in [0.15, 0.2) is 4.90 Å². The Kier molecular flexibility index (Phi) is 7.94. The molecule has 2 rings (SSSR count). The summed E-state index contributed by atoms with van der Waals surface area (Å²) in [6.45, 7) is 3.14. The number of nitro groups is 1. The normalized spacial score (nSPS) is 16.6. The summed E-state index contributed by atoms with van der Waals surface area (Å²) in [4.78, 5) is 24.0. The van der Waals surface area contributed by atoms with E-state index >= 15 is 0 Å². The predicted octanol–water partition coefficient (Wildman–Crippen LogP) is 0.705. The van der Waals surface area contributed by atoms with Gasteiger partial charge in [-0.2, -0.15) is 4.31 Å². The highest BCUT2D eigenvalue weighted by Crippen LogP contribution is 2.27. The first kappa shape index (κ1) is 22.3. The summed E-state index contributed by atoms with van der Waals surface area (Å²) in [6, 6.07) is 5.29. The lowest BCUT2D eigenvalue weighted by atomic mass is 10.1. The van der Waals surface area contributed by atoms with E-state index in [2.05, 4.69) is 5.32 Å². The van der Waals surface area contributed by atoms with Gasteiger partial charge in [-0.25, -0.2) is 8.42 Å². The lowest BCUT2D eigenvalue weighted by molar-refractivity contribution is -0.387. The van der Waals surface area contributed by atoms with Gasteiger partial charge in [0, 0.05) is 44.7 Å². The molecule has 1 aliphatic heterocycles. The Balaban J connectivity index is 0.00000338. The molecule has 1 N–H and O–H groups in total. The number of carbonyl (C=O) groups excluding carboxylic acids is 1. The number of carbonyl (C=O) groups is 1. The van der Waals surface area contributed by atoms with Crippen LogP contribution in [-0.4, -0.2) is 68.2 Å². The van der Waals surface area contributed by atoms with Crippen molar-refractivity contribution in [2.24, 2.45) is 5.92 Å². The van der Waals surface area contributed by atoms with Gasteiger partial charge >= 0.3 is 0 Å². The monoisotopic (exact) mass is 406 g/mol. The number of rotatable bonds is 6. The van der Waals surface area contributed by atoms with Crippen LogP contribution in [0, 0.1) is 16.0 Å². The van der Waals surface area contributed by atoms with E-state index in [9.17, 15) is 23.3 Å². The number of hydrogen-bond donors (Lipinski definition) is 1. The average molecular weight is 407 g/mol. The average Bonchev–Trinajstić information content (AvgIpc) is 2.61. The Morgan fingerprint density at radius 3 is 2.38 bits per heavy atom. The van der Waals surface area contributed by atoms with E-state index in [1.807, 2.05) is 6.92 Å². The Morgan fingerprint density at radius 1 is 1.27 bits per heavy atom. The van der Waals surface area contributed by atoms with Crippen molar-refractivity contribution in [1.82, 2.24) is 14.5 Å². The lowest BCUT2D eigenvalue weighted by Gasteiger charge is -2.35. The summed E-state index contributed by atoms with van der Waals surface area (Å²) in [5, 5.41) is 14.0. The molecule has 0 saturated carbocycles. The van der Waals surface area contributed by atoms with Gasteiger partial charge in [0.05, 0.1) is 4.92 Å². The van der Waals surface area contributed by atoms with Crippen LogP contribution in [0.4, 0.5) is 5.69 Å². The van der Waals surface area contributed by atoms with Crippen molar-refractivity contribution >= 4 is 34.0 Å². The molecule has 0 aliphatic carbocycles. The van der Waals surface area contributed by atoms with E-state index in [0.29, 0.717) is 6.54 Å². The summed E-state index contributed by atoms with van der Waals surface area (Å²) < 4.78 is 26.7. The van der Waals surface area contributed by atoms with Gasteiger partial charge in [0.2, 0.25) is 15.9 Å². The minimum Gasteiger partial charge on any atom is -0.340 e. The number of hydrogen-bond acceptors (Lipinski definition) is 6. The third kappa shape index (κ3) is 4.70. The number of nitro benzene ring substituents is 1. The van der Waals surface area contributed by atoms with Crippen LogP contribution in [0.25, 0.3) is 0 Å². The van der Waals surface area contributed by atoms with E-state index in [4.69, 9.17) is 0 Å². The Morgan fingerprint density at radius 2 is 1.85 bits per heavy atom. The first-order chi connectivity index (χ1) is 11.8. The number of piperazine rings is 1. The second-order valence-electron chi connectivity index (χ2n) is 5.91. The number of amides is 1. The Labute approximate surface area is 159 Å². The van der Waals surface area contributed by atoms with Crippen molar-refractivity contribution in [1.29, 1.82) is 0 Å². The van der Waals surface area contributed by atoms with Crippen LogP contribution in [0.1, 0.15) is 6.92 Å². The van der Waals surface area contributed by atoms with Crippen molar-refractivity contribution in [3.05, 3.63) is 34.4 Å². The fourth-order valence-electron chi connectivity index (χ4n) is 2.82. The maximum absolute atomic E-state index is 12.7. The van der Waals surface area contributed by atoms with Gasteiger partial charge in [0.25, 0.3) is 5.69 Å². The quantitative estimate of drug-likeness (QED) is 0.549. The molecule has 1 atom stereocenters. The number of benzene rings is 1. The number of nitrogens with one attached hydrogen (secondary N) is 1. The molecule has 1 saturated heterocycles. The summed E-state index contributed by atoms with van der Waals surface area (Å²) in [5.41, 5.74) is -0.441. The Bertz CT molecular complexity index is 750. The van der Waals surface area contributed by atoms with Gasteiger partial charge in [-0.05, 0) is 13.1 Å². The van der Waals surface area contributed by atoms with E-state index in [-0.39, 0.29) is 55.3 Å². The molecule has 0 aromatic heterocycles. The SMILES string of the molecule is CNCC(C)C(=O)N1CCN(S(=O)(=O)c2ccccc2[N+](=O)[O-])CC1.Cl. The van der Waals surface area contributed by atoms with Crippen molar-refractivity contribution in [3.8, 4) is 0 Å². The molecule has 0 bridgehead atoms. The molecular weight excluding hydrogens is 384 g/mol. The van der Waals surface area contributed by atoms with Gasteiger partial charge in [-0.1, -0.05) is 19.1 Å². The summed E-state index contributed by atoms with van der Waals surface area (Å²) in [7, 11) is -2.21. The predicted molar refractivity (Wildman–Crippen MR) is 98.8 cm³/mol. The molecule has 11 heteroatoms. The van der Waals surface area contributed by atoms with Gasteiger partial charge in [-0.15, -0.1) is 12.4 Å². The highest BCUT2D eigenvalue weighted by atomic mass is 35.5. The lowest BCUT2D eigenvalue weighted by Crippen LogP contribution is -2.52. The van der Waals surface area contributed by atoms with Crippen molar-refractivity contribution in [3.63, 3.8) is 0 Å². The topological polar surface area (TPSA) is 113 Å². The maximum Gasteiger partial charge on any atom is 0.289 e. The maximum atomic E-state index is 12.7. The molecule has 26 heavy (non-hydrogen) atoms. The molecule has 1 heterocycles. The highest BCUT2D eigenvalue weighted by Gasteiger charge is 2.34. The van der Waals surface area contributed by atoms with Gasteiger partial charge < -0.3 is 10.2 Å². The molecule has 1 aromatic rings. The van der Waals surface area contributed by atoms with Crippen LogP contribution in [0.15, 0.2) is 29.2 Å². The molecule has 0 radical (unpaired) electrons. The van der Waals surface area contributed by atoms with Crippen LogP contribution >= 0.6 is 12.4 Å². The van der Waals surface area contributed by atoms with Crippen molar-refractivity contribution in [2.45, 2.75) is 11.8 Å². The van der Waals surface area contributed by atoms with Crippen LogP contribution < -0.4 is 5.32 Å². The second-order valence-corrected chi connectivity index (χ2v) is 7.82. The molecule has 0 spiro atoms. The highest BCUT2D eigenvalue weighted by molar-refractivity contribution is 7.89. The third-order valence-electron chi connectivity index (χ3n) is 4.16. The van der Waals surface area contributed by atoms with Crippen LogP contribution in [0.5, 0.6) is 0 Å². The number of para-hydroxylation sites is 1. The molecule has 1 unspecified atom stereocenters. The second kappa shape index (κ2) is 9.26. The molecule has 1 aliphatic rings. The zero-order chi connectivity index (χ0) is 18.6. The zero-order valence-corrected chi connectivity index (χ0v) is 16.3. The van der Waals surface area contributed by atoms with E-state index in [0.717, 1.165) is 0 Å². The zero-order valence-electron chi connectivity index (χ0n) is 14.6. The summed E-state index contributed by atoms with van der Waals surface area (Å²) in [5.74, 6) is -0.222. The molecule has 1 aromatic carbocycles. The summed E-state index contributed by atoms with van der Waals surface area (Å²) in [6.07, 6.45) is 0. The minimum atomic E-state index is -3.98. The number of sulfonamides is 1. The summed E-state index contributed by atoms with van der Waals surface area (Å²) >= 11 is 0. The standard InChI is InChI=1S/C15H22N4O5S.ClH/c1-12(11-16-2)15(20)17-7-9-18(10-8-17)25(23,24)14-6-4-3-5-13(14)19(21)22;/h3-6,12,16H,7-11H2,1-2H3;1H. The third-order valence-corrected chi connectivity index (χ3v) is 6.11. The smallest absolute Gasteiger partial charge is 0.289 e. The fourth-order valence-corrected chi connectivity index (χ4v) is 4.40. The van der Waals surface area contributed by atoms with Gasteiger partial charge in [0.1, 0.15) is 0 Å². The minimum absolute atomic E-state index is 0. The Hall–Kier alpha value is -1.75. The molecule has 146 valence electrons. The first-order valence-electron chi connectivity index (χ1n) is 7.96. The van der Waals surface area contributed by atoms with Gasteiger partial charge in [-0.3, -0.25) is 14.9 Å². The molecular formula is C15H23ClN4O5S. The van der Waals surface area contributed by atoms with E-state index in [1.54, 1.807) is 11.9 Å². The van der Waals surface area contributed by atoms with Crippen LogP contribution in [0.3, 0.4) is 0 Å². The molecule has 9 nitrogen and oxygen atoms in total. The van der Waals surface area contributed by atoms with Crippen LogP contribution in [0.2, 0.25) is 0 Å². The van der Waals surface area contributed by atoms with E-state index < -0.39 is 20.6 Å².